The molecule has 1 heterocycles. The van der Waals surface area contributed by atoms with Crippen LogP contribution in [0.2, 0.25) is 0 Å². The fourth-order valence-electron chi connectivity index (χ4n) is 1.49. The van der Waals surface area contributed by atoms with Gasteiger partial charge in [-0.05, 0) is 30.7 Å². The molecular weight excluding hydrogens is 265 g/mol. The van der Waals surface area contributed by atoms with E-state index in [2.05, 4.69) is 14.7 Å². The Labute approximate surface area is 104 Å². The van der Waals surface area contributed by atoms with Gasteiger partial charge in [-0.3, -0.25) is 0 Å². The van der Waals surface area contributed by atoms with E-state index in [4.69, 9.17) is 5.11 Å². The number of rotatable bonds is 2. The van der Waals surface area contributed by atoms with Crippen molar-refractivity contribution in [2.24, 2.45) is 0 Å². The van der Waals surface area contributed by atoms with Gasteiger partial charge in [0, 0.05) is 5.56 Å². The van der Waals surface area contributed by atoms with E-state index in [1.165, 1.54) is 18.2 Å². The molecule has 1 aromatic heterocycles. The highest BCUT2D eigenvalue weighted by molar-refractivity contribution is 5.89. The minimum Gasteiger partial charge on any atom is -0.478 e. The second-order valence-corrected chi connectivity index (χ2v) is 3.81. The summed E-state index contributed by atoms with van der Waals surface area (Å²) in [5, 5.41) is 12.1. The number of benzene rings is 1. The number of carboxylic acids is 1. The summed E-state index contributed by atoms with van der Waals surface area (Å²) < 4.78 is 41.0. The molecule has 0 saturated carbocycles. The van der Waals surface area contributed by atoms with Crippen molar-refractivity contribution in [2.45, 2.75) is 13.1 Å². The Morgan fingerprint density at radius 2 is 2.00 bits per heavy atom. The first kappa shape index (κ1) is 13.1. The molecule has 0 radical (unpaired) electrons. The van der Waals surface area contributed by atoms with E-state index >= 15 is 0 Å². The average molecular weight is 272 g/mol. The third-order valence-electron chi connectivity index (χ3n) is 2.25. The van der Waals surface area contributed by atoms with Crippen molar-refractivity contribution < 1.29 is 27.6 Å². The van der Waals surface area contributed by atoms with Crippen LogP contribution in [-0.4, -0.2) is 21.2 Å². The van der Waals surface area contributed by atoms with E-state index in [1.807, 2.05) is 0 Å². The third kappa shape index (κ3) is 2.72. The van der Waals surface area contributed by atoms with Crippen molar-refractivity contribution in [2.75, 3.05) is 0 Å². The fraction of sp³-hybridized carbons (Fsp3) is 0.182. The Bertz CT molecular complexity index is 634. The third-order valence-corrected chi connectivity index (χ3v) is 2.25. The number of aromatic carboxylic acids is 1. The van der Waals surface area contributed by atoms with Crippen LogP contribution < -0.4 is 0 Å². The van der Waals surface area contributed by atoms with Gasteiger partial charge in [0.1, 0.15) is 0 Å². The van der Waals surface area contributed by atoms with Crippen LogP contribution in [0.3, 0.4) is 0 Å². The SMILES string of the molecule is Cc1cc(C(=O)O)cc(-c2noc(C(F)(F)F)n2)c1. The van der Waals surface area contributed by atoms with Gasteiger partial charge in [0.2, 0.25) is 5.82 Å². The lowest BCUT2D eigenvalue weighted by Crippen LogP contribution is -2.05. The van der Waals surface area contributed by atoms with Gasteiger partial charge in [-0.15, -0.1) is 0 Å². The molecule has 100 valence electrons. The van der Waals surface area contributed by atoms with Crippen molar-refractivity contribution in [1.82, 2.24) is 10.1 Å². The maximum atomic E-state index is 12.3. The summed E-state index contributed by atoms with van der Waals surface area (Å²) in [6, 6.07) is 4.04. The van der Waals surface area contributed by atoms with Crippen LogP contribution in [0, 0.1) is 6.92 Å². The predicted octanol–water partition coefficient (Wildman–Crippen LogP) is 2.76. The van der Waals surface area contributed by atoms with E-state index in [0.717, 1.165) is 0 Å². The minimum absolute atomic E-state index is 0.0617. The van der Waals surface area contributed by atoms with E-state index in [0.29, 0.717) is 5.56 Å². The highest BCUT2D eigenvalue weighted by Gasteiger charge is 2.38. The zero-order valence-corrected chi connectivity index (χ0v) is 9.52. The Morgan fingerprint density at radius 1 is 1.32 bits per heavy atom. The molecule has 2 aromatic rings. The number of aromatic nitrogens is 2. The molecule has 0 unspecified atom stereocenters. The average Bonchev–Trinajstić information content (AvgIpc) is 2.76. The lowest BCUT2D eigenvalue weighted by atomic mass is 10.1. The first-order valence-corrected chi connectivity index (χ1v) is 5.03. The number of carboxylic acid groups (broad SMARTS) is 1. The van der Waals surface area contributed by atoms with Crippen LogP contribution in [0.15, 0.2) is 22.7 Å². The van der Waals surface area contributed by atoms with Crippen LogP contribution in [0.5, 0.6) is 0 Å². The van der Waals surface area contributed by atoms with Gasteiger partial charge in [0.15, 0.2) is 0 Å². The molecule has 0 fully saturated rings. The van der Waals surface area contributed by atoms with E-state index in [9.17, 15) is 18.0 Å². The predicted molar refractivity (Wildman–Crippen MR) is 56.4 cm³/mol. The lowest BCUT2D eigenvalue weighted by molar-refractivity contribution is -0.159. The number of hydrogen-bond donors (Lipinski definition) is 1. The van der Waals surface area contributed by atoms with Crippen LogP contribution in [0.4, 0.5) is 13.2 Å². The van der Waals surface area contributed by atoms with Crippen molar-refractivity contribution in [3.63, 3.8) is 0 Å². The van der Waals surface area contributed by atoms with Crippen molar-refractivity contribution >= 4 is 5.97 Å². The molecule has 0 aliphatic rings. The largest absolute Gasteiger partial charge is 0.478 e. The molecule has 0 atom stereocenters. The Kier molecular flexibility index (Phi) is 3.01. The smallest absolute Gasteiger partial charge is 0.471 e. The number of halogens is 3. The van der Waals surface area contributed by atoms with Crippen LogP contribution in [0.1, 0.15) is 21.8 Å². The Hall–Kier alpha value is -2.38. The van der Waals surface area contributed by atoms with E-state index < -0.39 is 18.0 Å². The molecule has 2 rings (SSSR count). The fourth-order valence-corrected chi connectivity index (χ4v) is 1.49. The number of alkyl halides is 3. The number of carbonyl (C=O) groups is 1. The zero-order valence-electron chi connectivity index (χ0n) is 9.52. The summed E-state index contributed by atoms with van der Waals surface area (Å²) >= 11 is 0. The van der Waals surface area contributed by atoms with Crippen molar-refractivity contribution in [3.05, 3.63) is 35.2 Å². The second kappa shape index (κ2) is 4.38. The molecule has 0 saturated heterocycles. The summed E-state index contributed by atoms with van der Waals surface area (Å²) in [6.07, 6.45) is -4.73. The molecule has 0 aliphatic carbocycles. The van der Waals surface area contributed by atoms with Gasteiger partial charge in [-0.1, -0.05) is 5.16 Å². The van der Waals surface area contributed by atoms with Gasteiger partial charge in [-0.2, -0.15) is 18.2 Å². The van der Waals surface area contributed by atoms with Gasteiger partial charge in [0.05, 0.1) is 5.56 Å². The maximum Gasteiger partial charge on any atom is 0.471 e. The first-order chi connectivity index (χ1) is 8.77. The number of nitrogens with zero attached hydrogens (tertiary/aromatic N) is 2. The van der Waals surface area contributed by atoms with E-state index in [1.54, 1.807) is 6.92 Å². The molecule has 1 aromatic carbocycles. The zero-order chi connectivity index (χ0) is 14.2. The second-order valence-electron chi connectivity index (χ2n) is 3.81. The summed E-state index contributed by atoms with van der Waals surface area (Å²) in [4.78, 5) is 14.1. The first-order valence-electron chi connectivity index (χ1n) is 5.03. The molecule has 0 aliphatic heterocycles. The molecule has 1 N–H and O–H groups in total. The summed E-state index contributed by atoms with van der Waals surface area (Å²) in [5.41, 5.74) is 0.651. The minimum atomic E-state index is -4.73. The Morgan fingerprint density at radius 3 is 2.53 bits per heavy atom. The standard InChI is InChI=1S/C11H7F3N2O3/c1-5-2-6(4-7(3-5)9(17)18)8-15-10(19-16-8)11(12,13)14/h2-4H,1H3,(H,17,18). The highest BCUT2D eigenvalue weighted by atomic mass is 19.4. The molecule has 0 amide bonds. The topological polar surface area (TPSA) is 76.2 Å². The summed E-state index contributed by atoms with van der Waals surface area (Å²) in [6.45, 7) is 1.61. The van der Waals surface area contributed by atoms with Gasteiger partial charge in [-0.25, -0.2) is 4.79 Å². The molecule has 0 spiro atoms. The number of hydrogen-bond acceptors (Lipinski definition) is 4. The van der Waals surface area contributed by atoms with Crippen LogP contribution in [0.25, 0.3) is 11.4 Å². The van der Waals surface area contributed by atoms with Crippen LogP contribution >= 0.6 is 0 Å². The molecule has 0 bridgehead atoms. The summed E-state index contributed by atoms with van der Waals surface area (Å²) in [5.74, 6) is -2.97. The monoisotopic (exact) mass is 272 g/mol. The van der Waals surface area contributed by atoms with Crippen LogP contribution in [-0.2, 0) is 6.18 Å². The lowest BCUT2D eigenvalue weighted by Gasteiger charge is -2.01. The number of aryl methyl sites for hydroxylation is 1. The summed E-state index contributed by atoms with van der Waals surface area (Å²) in [7, 11) is 0. The molecular formula is C11H7F3N2O3. The Balaban J connectivity index is 2.47. The quantitative estimate of drug-likeness (QED) is 0.909. The van der Waals surface area contributed by atoms with Crippen molar-refractivity contribution in [3.8, 4) is 11.4 Å². The highest BCUT2D eigenvalue weighted by Crippen LogP contribution is 2.29. The van der Waals surface area contributed by atoms with Gasteiger partial charge in [0.25, 0.3) is 0 Å². The molecule has 8 heteroatoms. The molecule has 19 heavy (non-hydrogen) atoms. The van der Waals surface area contributed by atoms with Crippen molar-refractivity contribution in [1.29, 1.82) is 0 Å². The van der Waals surface area contributed by atoms with E-state index in [-0.39, 0.29) is 17.0 Å². The van der Waals surface area contributed by atoms with Gasteiger partial charge < -0.3 is 9.63 Å². The normalized spacial score (nSPS) is 11.6. The molecule has 5 nitrogen and oxygen atoms in total. The maximum absolute atomic E-state index is 12.3. The van der Waals surface area contributed by atoms with Gasteiger partial charge >= 0.3 is 18.0 Å².